The Labute approximate surface area is 123 Å². The van der Waals surface area contributed by atoms with Gasteiger partial charge in [-0.3, -0.25) is 0 Å². The van der Waals surface area contributed by atoms with Gasteiger partial charge in [0, 0.05) is 30.9 Å². The fraction of sp³-hybridized carbons (Fsp3) is 0.200. The molecule has 0 amide bonds. The molecule has 0 aliphatic rings. The van der Waals surface area contributed by atoms with Crippen LogP contribution in [0.5, 0.6) is 5.75 Å². The average molecular weight is 286 g/mol. The lowest BCUT2D eigenvalue weighted by Crippen LogP contribution is -2.19. The number of hydrogen-bond donors (Lipinski definition) is 2. The molecule has 0 aliphatic carbocycles. The van der Waals surface area contributed by atoms with Crippen molar-refractivity contribution in [3.05, 3.63) is 53.7 Å². The minimum absolute atomic E-state index is 0.0430. The molecule has 0 saturated heterocycles. The molecule has 0 saturated carbocycles. The molecule has 1 aromatic heterocycles. The van der Waals surface area contributed by atoms with Crippen LogP contribution in [0.3, 0.4) is 0 Å². The molecule has 0 unspecified atom stereocenters. The maximum absolute atomic E-state index is 8.63. The van der Waals surface area contributed by atoms with Crippen LogP contribution in [0.15, 0.2) is 47.8 Å². The molecule has 0 spiro atoms. The van der Waals surface area contributed by atoms with E-state index in [9.17, 15) is 0 Å². The van der Waals surface area contributed by atoms with Gasteiger partial charge in [-0.05, 0) is 18.2 Å². The van der Waals surface area contributed by atoms with E-state index in [0.717, 1.165) is 17.1 Å². The van der Waals surface area contributed by atoms with E-state index in [2.05, 4.69) is 10.1 Å². The second-order valence-electron chi connectivity index (χ2n) is 4.56. The highest BCUT2D eigenvalue weighted by atomic mass is 16.5. The Morgan fingerprint density at radius 1 is 1.33 bits per heavy atom. The topological polar surface area (TPSA) is 84.0 Å². The van der Waals surface area contributed by atoms with Crippen molar-refractivity contribution in [1.82, 2.24) is 4.98 Å². The number of methoxy groups -OCH3 is 1. The largest absolute Gasteiger partial charge is 0.496 e. The Morgan fingerprint density at radius 2 is 2.10 bits per heavy atom. The highest BCUT2D eigenvalue weighted by Crippen LogP contribution is 2.21. The van der Waals surface area contributed by atoms with Gasteiger partial charge >= 0.3 is 0 Å². The third kappa shape index (κ3) is 3.42. The maximum Gasteiger partial charge on any atom is 0.171 e. The number of ether oxygens (including phenoxy) is 1. The van der Waals surface area contributed by atoms with E-state index in [1.165, 1.54) is 0 Å². The fourth-order valence-corrected chi connectivity index (χ4v) is 1.99. The van der Waals surface area contributed by atoms with Crippen molar-refractivity contribution in [3.8, 4) is 5.75 Å². The van der Waals surface area contributed by atoms with E-state index in [-0.39, 0.29) is 5.84 Å². The zero-order chi connectivity index (χ0) is 15.2. The van der Waals surface area contributed by atoms with Crippen molar-refractivity contribution in [3.63, 3.8) is 0 Å². The number of aromatic nitrogens is 1. The third-order valence-electron chi connectivity index (χ3n) is 3.14. The molecule has 110 valence electrons. The molecular weight excluding hydrogens is 268 g/mol. The normalized spacial score (nSPS) is 11.2. The molecule has 0 fully saturated rings. The molecule has 0 atom stereocenters. The van der Waals surface area contributed by atoms with E-state index in [4.69, 9.17) is 15.7 Å². The lowest BCUT2D eigenvalue weighted by Gasteiger charge is -2.19. The van der Waals surface area contributed by atoms with E-state index in [1.807, 2.05) is 42.3 Å². The van der Waals surface area contributed by atoms with Crippen LogP contribution in [-0.4, -0.2) is 30.2 Å². The molecule has 6 nitrogen and oxygen atoms in total. The molecule has 21 heavy (non-hydrogen) atoms. The van der Waals surface area contributed by atoms with Gasteiger partial charge in [0.1, 0.15) is 11.6 Å². The first-order valence-electron chi connectivity index (χ1n) is 6.42. The van der Waals surface area contributed by atoms with Crippen molar-refractivity contribution < 1.29 is 9.94 Å². The minimum Gasteiger partial charge on any atom is -0.496 e. The number of benzene rings is 1. The van der Waals surface area contributed by atoms with Crippen molar-refractivity contribution in [1.29, 1.82) is 0 Å². The quantitative estimate of drug-likeness (QED) is 0.379. The fourth-order valence-electron chi connectivity index (χ4n) is 1.99. The van der Waals surface area contributed by atoms with Crippen LogP contribution in [0.2, 0.25) is 0 Å². The van der Waals surface area contributed by atoms with Gasteiger partial charge in [-0.2, -0.15) is 0 Å². The lowest BCUT2D eigenvalue weighted by atomic mass is 10.2. The zero-order valence-electron chi connectivity index (χ0n) is 12.0. The van der Waals surface area contributed by atoms with Crippen molar-refractivity contribution >= 4 is 11.7 Å². The smallest absolute Gasteiger partial charge is 0.171 e. The van der Waals surface area contributed by atoms with Crippen molar-refractivity contribution in [2.75, 3.05) is 19.1 Å². The van der Waals surface area contributed by atoms with Gasteiger partial charge in [0.15, 0.2) is 5.84 Å². The molecule has 3 N–H and O–H groups in total. The molecule has 1 heterocycles. The van der Waals surface area contributed by atoms with E-state index in [1.54, 1.807) is 19.4 Å². The number of nitrogens with zero attached hydrogens (tertiary/aromatic N) is 3. The van der Waals surface area contributed by atoms with Gasteiger partial charge in [-0.1, -0.05) is 23.4 Å². The molecule has 0 radical (unpaired) electrons. The number of pyridine rings is 1. The summed E-state index contributed by atoms with van der Waals surface area (Å²) in [6, 6.07) is 11.4. The Kier molecular flexibility index (Phi) is 4.61. The molecule has 2 rings (SSSR count). The molecule has 1 aromatic carbocycles. The van der Waals surface area contributed by atoms with Crippen LogP contribution in [0, 0.1) is 0 Å². The first-order chi connectivity index (χ1) is 10.2. The van der Waals surface area contributed by atoms with Gasteiger partial charge in [0.05, 0.1) is 7.11 Å². The van der Waals surface area contributed by atoms with Crippen LogP contribution in [0.1, 0.15) is 11.1 Å². The second-order valence-corrected chi connectivity index (χ2v) is 4.56. The average Bonchev–Trinajstić information content (AvgIpc) is 2.54. The molecule has 0 bridgehead atoms. The minimum atomic E-state index is 0.0430. The van der Waals surface area contributed by atoms with Gasteiger partial charge in [-0.25, -0.2) is 4.98 Å². The second kappa shape index (κ2) is 6.60. The summed E-state index contributed by atoms with van der Waals surface area (Å²) in [5, 5.41) is 11.6. The number of oxime groups is 1. The van der Waals surface area contributed by atoms with Crippen molar-refractivity contribution in [2.24, 2.45) is 10.9 Å². The maximum atomic E-state index is 8.63. The summed E-state index contributed by atoms with van der Waals surface area (Å²) >= 11 is 0. The summed E-state index contributed by atoms with van der Waals surface area (Å²) in [5.74, 6) is 1.68. The summed E-state index contributed by atoms with van der Waals surface area (Å²) in [5.41, 5.74) is 7.16. The van der Waals surface area contributed by atoms with Crippen LogP contribution in [0.25, 0.3) is 0 Å². The standard InChI is InChI=1S/C15H18N4O2/c1-19(10-12-5-3-4-6-13(12)21-2)14-8-7-11(9-17-14)15(16)18-20/h3-9,20H,10H2,1-2H3,(H2,16,18). The number of amidine groups is 1. The van der Waals surface area contributed by atoms with Gasteiger partial charge in [0.25, 0.3) is 0 Å². The monoisotopic (exact) mass is 286 g/mol. The summed E-state index contributed by atoms with van der Waals surface area (Å²) in [6.45, 7) is 0.667. The summed E-state index contributed by atoms with van der Waals surface area (Å²) < 4.78 is 5.34. The number of hydrogen-bond acceptors (Lipinski definition) is 5. The van der Waals surface area contributed by atoms with E-state index < -0.39 is 0 Å². The zero-order valence-corrected chi connectivity index (χ0v) is 12.0. The predicted octanol–water partition coefficient (Wildman–Crippen LogP) is 1.82. The third-order valence-corrected chi connectivity index (χ3v) is 3.14. The van der Waals surface area contributed by atoms with E-state index in [0.29, 0.717) is 12.1 Å². The first kappa shape index (κ1) is 14.6. The Bertz CT molecular complexity index is 626. The molecule has 0 aliphatic heterocycles. The number of anilines is 1. The molecular formula is C15H18N4O2. The van der Waals surface area contributed by atoms with Gasteiger partial charge in [0.2, 0.25) is 0 Å². The van der Waals surface area contributed by atoms with Gasteiger partial charge < -0.3 is 20.6 Å². The number of nitrogens with two attached hydrogens (primary N) is 1. The van der Waals surface area contributed by atoms with Crippen LogP contribution in [-0.2, 0) is 6.54 Å². The SMILES string of the molecule is COc1ccccc1CN(C)c1ccc(C(N)=NO)cn1. The molecule has 6 heteroatoms. The number of para-hydroxylation sites is 1. The van der Waals surface area contributed by atoms with Crippen LogP contribution in [0.4, 0.5) is 5.82 Å². The first-order valence-corrected chi connectivity index (χ1v) is 6.42. The summed E-state index contributed by atoms with van der Waals surface area (Å²) in [7, 11) is 3.60. The Hall–Kier alpha value is -2.76. The summed E-state index contributed by atoms with van der Waals surface area (Å²) in [6.07, 6.45) is 1.57. The summed E-state index contributed by atoms with van der Waals surface area (Å²) in [4.78, 5) is 6.31. The van der Waals surface area contributed by atoms with Gasteiger partial charge in [-0.15, -0.1) is 0 Å². The van der Waals surface area contributed by atoms with Crippen LogP contribution < -0.4 is 15.4 Å². The van der Waals surface area contributed by atoms with E-state index >= 15 is 0 Å². The molecule has 2 aromatic rings. The van der Waals surface area contributed by atoms with Crippen LogP contribution >= 0.6 is 0 Å². The Balaban J connectivity index is 2.15. The highest BCUT2D eigenvalue weighted by Gasteiger charge is 2.08. The Morgan fingerprint density at radius 3 is 2.71 bits per heavy atom. The van der Waals surface area contributed by atoms with Crippen molar-refractivity contribution in [2.45, 2.75) is 6.54 Å². The number of rotatable bonds is 5. The lowest BCUT2D eigenvalue weighted by molar-refractivity contribution is 0.318. The predicted molar refractivity (Wildman–Crippen MR) is 81.8 cm³/mol. The highest BCUT2D eigenvalue weighted by molar-refractivity contribution is 5.96.